The van der Waals surface area contributed by atoms with E-state index in [0.29, 0.717) is 0 Å². The standard InChI is InChI=1S/C19H26N4O/c1-3-21-19(23-14-11-17-5-4-12-20-15-17)22-13-10-16-6-8-18(24-2)9-7-16/h4-9,12,15H,3,10-11,13-14H2,1-2H3,(H2,21,22,23). The highest BCUT2D eigenvalue weighted by molar-refractivity contribution is 5.79. The molecule has 2 aromatic rings. The van der Waals surface area contributed by atoms with Gasteiger partial charge in [-0.1, -0.05) is 18.2 Å². The molecule has 1 aromatic heterocycles. The van der Waals surface area contributed by atoms with Crippen LogP contribution >= 0.6 is 0 Å². The number of benzene rings is 1. The van der Waals surface area contributed by atoms with E-state index in [1.165, 1.54) is 11.1 Å². The summed E-state index contributed by atoms with van der Waals surface area (Å²) in [4.78, 5) is 8.76. The molecule has 0 aliphatic rings. The van der Waals surface area contributed by atoms with E-state index in [9.17, 15) is 0 Å². The molecule has 0 aliphatic carbocycles. The summed E-state index contributed by atoms with van der Waals surface area (Å²) in [6, 6.07) is 12.2. The number of ether oxygens (including phenoxy) is 1. The number of pyridine rings is 1. The smallest absolute Gasteiger partial charge is 0.191 e. The van der Waals surface area contributed by atoms with Gasteiger partial charge in [-0.2, -0.15) is 0 Å². The van der Waals surface area contributed by atoms with Gasteiger partial charge < -0.3 is 15.4 Å². The fourth-order valence-electron chi connectivity index (χ4n) is 2.30. The quantitative estimate of drug-likeness (QED) is 0.578. The van der Waals surface area contributed by atoms with Crippen molar-refractivity contribution in [3.63, 3.8) is 0 Å². The van der Waals surface area contributed by atoms with Gasteiger partial charge in [0.05, 0.1) is 7.11 Å². The normalized spacial score (nSPS) is 11.2. The molecule has 128 valence electrons. The van der Waals surface area contributed by atoms with E-state index in [1.54, 1.807) is 13.3 Å². The minimum atomic E-state index is 0.745. The van der Waals surface area contributed by atoms with Gasteiger partial charge in [-0.3, -0.25) is 9.98 Å². The molecule has 2 rings (SSSR count). The third-order valence-corrected chi connectivity index (χ3v) is 3.60. The molecule has 0 saturated carbocycles. The largest absolute Gasteiger partial charge is 0.497 e. The molecule has 0 radical (unpaired) electrons. The average Bonchev–Trinajstić information content (AvgIpc) is 2.63. The number of nitrogens with zero attached hydrogens (tertiary/aromatic N) is 2. The predicted molar refractivity (Wildman–Crippen MR) is 98.6 cm³/mol. The van der Waals surface area contributed by atoms with Crippen LogP contribution in [-0.4, -0.2) is 37.7 Å². The van der Waals surface area contributed by atoms with Crippen LogP contribution in [0.4, 0.5) is 0 Å². The van der Waals surface area contributed by atoms with Gasteiger partial charge in [-0.15, -0.1) is 0 Å². The highest BCUT2D eigenvalue weighted by atomic mass is 16.5. The Morgan fingerprint density at radius 3 is 2.58 bits per heavy atom. The van der Waals surface area contributed by atoms with Gasteiger partial charge in [0.15, 0.2) is 5.96 Å². The first-order valence-corrected chi connectivity index (χ1v) is 8.36. The van der Waals surface area contributed by atoms with Crippen molar-refractivity contribution in [1.82, 2.24) is 15.6 Å². The molecule has 0 fully saturated rings. The van der Waals surface area contributed by atoms with Crippen LogP contribution in [0.15, 0.2) is 53.8 Å². The van der Waals surface area contributed by atoms with E-state index in [2.05, 4.69) is 45.7 Å². The number of methoxy groups -OCH3 is 1. The van der Waals surface area contributed by atoms with Crippen LogP contribution < -0.4 is 15.4 Å². The molecular weight excluding hydrogens is 300 g/mol. The summed E-state index contributed by atoms with van der Waals surface area (Å²) in [7, 11) is 1.68. The minimum absolute atomic E-state index is 0.745. The molecular formula is C19H26N4O. The number of hydrogen-bond acceptors (Lipinski definition) is 3. The number of rotatable bonds is 8. The molecule has 5 heteroatoms. The van der Waals surface area contributed by atoms with Gasteiger partial charge in [0, 0.05) is 32.0 Å². The van der Waals surface area contributed by atoms with E-state index >= 15 is 0 Å². The maximum Gasteiger partial charge on any atom is 0.191 e. The topological polar surface area (TPSA) is 58.5 Å². The van der Waals surface area contributed by atoms with Crippen molar-refractivity contribution in [3.05, 3.63) is 59.9 Å². The molecule has 1 aromatic carbocycles. The Kier molecular flexibility index (Phi) is 7.60. The molecule has 0 saturated heterocycles. The fraction of sp³-hybridized carbons (Fsp3) is 0.368. The summed E-state index contributed by atoms with van der Waals surface area (Å²) in [5.74, 6) is 1.74. The molecule has 0 bridgehead atoms. The lowest BCUT2D eigenvalue weighted by molar-refractivity contribution is 0.414. The second-order valence-corrected chi connectivity index (χ2v) is 5.40. The zero-order valence-corrected chi connectivity index (χ0v) is 14.5. The molecule has 0 atom stereocenters. The van der Waals surface area contributed by atoms with E-state index < -0.39 is 0 Å². The summed E-state index contributed by atoms with van der Waals surface area (Å²) in [5.41, 5.74) is 2.48. The van der Waals surface area contributed by atoms with Crippen molar-refractivity contribution in [3.8, 4) is 5.75 Å². The second kappa shape index (κ2) is 10.3. The molecule has 0 aliphatic heterocycles. The number of aromatic nitrogens is 1. The Balaban J connectivity index is 1.78. The number of guanidine groups is 1. The molecule has 2 N–H and O–H groups in total. The van der Waals surface area contributed by atoms with Gasteiger partial charge in [-0.05, 0) is 49.1 Å². The van der Waals surface area contributed by atoms with Gasteiger partial charge in [0.25, 0.3) is 0 Å². The van der Waals surface area contributed by atoms with Crippen LogP contribution in [0, 0.1) is 0 Å². The number of hydrogen-bond donors (Lipinski definition) is 2. The first kappa shape index (κ1) is 17.8. The Morgan fingerprint density at radius 2 is 1.92 bits per heavy atom. The third kappa shape index (κ3) is 6.28. The predicted octanol–water partition coefficient (Wildman–Crippen LogP) is 2.43. The summed E-state index contributed by atoms with van der Waals surface area (Å²) in [5, 5.41) is 6.64. The SMILES string of the molecule is CCNC(=NCCc1ccc(OC)cc1)NCCc1cccnc1. The molecule has 5 nitrogen and oxygen atoms in total. The lowest BCUT2D eigenvalue weighted by atomic mass is 10.1. The maximum absolute atomic E-state index is 5.17. The molecule has 0 spiro atoms. The van der Waals surface area contributed by atoms with Crippen molar-refractivity contribution in [2.75, 3.05) is 26.7 Å². The van der Waals surface area contributed by atoms with Crippen LogP contribution in [0.2, 0.25) is 0 Å². The third-order valence-electron chi connectivity index (χ3n) is 3.60. The summed E-state index contributed by atoms with van der Waals surface area (Å²) in [6.45, 7) is 4.50. The van der Waals surface area contributed by atoms with Crippen LogP contribution in [0.3, 0.4) is 0 Å². The summed E-state index contributed by atoms with van der Waals surface area (Å²) < 4.78 is 5.17. The monoisotopic (exact) mass is 326 g/mol. The van der Waals surface area contributed by atoms with Crippen LogP contribution in [0.5, 0.6) is 5.75 Å². The van der Waals surface area contributed by atoms with E-state index in [1.807, 2.05) is 24.4 Å². The molecule has 0 unspecified atom stereocenters. The van der Waals surface area contributed by atoms with E-state index in [-0.39, 0.29) is 0 Å². The maximum atomic E-state index is 5.17. The number of aliphatic imine (C=N–C) groups is 1. The highest BCUT2D eigenvalue weighted by Gasteiger charge is 1.99. The van der Waals surface area contributed by atoms with Crippen LogP contribution in [0.25, 0.3) is 0 Å². The fourth-order valence-corrected chi connectivity index (χ4v) is 2.30. The summed E-state index contributed by atoms with van der Waals surface area (Å²) in [6.07, 6.45) is 5.52. The van der Waals surface area contributed by atoms with E-state index in [4.69, 9.17) is 4.74 Å². The lowest BCUT2D eigenvalue weighted by Gasteiger charge is -2.11. The number of nitrogens with one attached hydrogen (secondary N) is 2. The van der Waals surface area contributed by atoms with Crippen molar-refractivity contribution in [1.29, 1.82) is 0 Å². The van der Waals surface area contributed by atoms with Gasteiger partial charge >= 0.3 is 0 Å². The van der Waals surface area contributed by atoms with Crippen molar-refractivity contribution in [2.24, 2.45) is 4.99 Å². The Hall–Kier alpha value is -2.56. The minimum Gasteiger partial charge on any atom is -0.497 e. The molecule has 0 amide bonds. The molecule has 24 heavy (non-hydrogen) atoms. The summed E-state index contributed by atoms with van der Waals surface area (Å²) >= 11 is 0. The molecule has 1 heterocycles. The van der Waals surface area contributed by atoms with Crippen LogP contribution in [0.1, 0.15) is 18.1 Å². The Morgan fingerprint density at radius 1 is 1.08 bits per heavy atom. The highest BCUT2D eigenvalue weighted by Crippen LogP contribution is 2.11. The second-order valence-electron chi connectivity index (χ2n) is 5.40. The van der Waals surface area contributed by atoms with Gasteiger partial charge in [0.1, 0.15) is 5.75 Å². The van der Waals surface area contributed by atoms with Gasteiger partial charge in [-0.25, -0.2) is 0 Å². The Bertz CT molecular complexity index is 611. The Labute approximate surface area is 144 Å². The lowest BCUT2D eigenvalue weighted by Crippen LogP contribution is -2.38. The van der Waals surface area contributed by atoms with Gasteiger partial charge in [0.2, 0.25) is 0 Å². The van der Waals surface area contributed by atoms with Crippen molar-refractivity contribution in [2.45, 2.75) is 19.8 Å². The average molecular weight is 326 g/mol. The van der Waals surface area contributed by atoms with Crippen molar-refractivity contribution >= 4 is 5.96 Å². The first-order chi connectivity index (χ1) is 11.8. The zero-order chi connectivity index (χ0) is 17.0. The van der Waals surface area contributed by atoms with E-state index in [0.717, 1.165) is 44.2 Å². The van der Waals surface area contributed by atoms with Crippen molar-refractivity contribution < 1.29 is 4.74 Å². The first-order valence-electron chi connectivity index (χ1n) is 8.36. The zero-order valence-electron chi connectivity index (χ0n) is 14.5. The van der Waals surface area contributed by atoms with Crippen LogP contribution in [-0.2, 0) is 12.8 Å².